The quantitative estimate of drug-likeness (QED) is 0.371. The Balaban J connectivity index is 1.51. The maximum absolute atomic E-state index is 13.4. The van der Waals surface area contributed by atoms with Gasteiger partial charge in [0.2, 0.25) is 0 Å². The topological polar surface area (TPSA) is 62.7 Å². The molecule has 3 heterocycles. The summed E-state index contributed by atoms with van der Waals surface area (Å²) >= 11 is 0. The molecule has 0 fully saturated rings. The van der Waals surface area contributed by atoms with Crippen molar-refractivity contribution in [3.8, 4) is 11.3 Å². The molecule has 0 bridgehead atoms. The van der Waals surface area contributed by atoms with Gasteiger partial charge < -0.3 is 10.6 Å². The average molecular weight is 449 g/mol. The number of fused-ring (bicyclic) bond motifs is 2. The van der Waals surface area contributed by atoms with Gasteiger partial charge in [0.1, 0.15) is 12.1 Å². The van der Waals surface area contributed by atoms with Crippen LogP contribution in [-0.4, -0.2) is 21.5 Å². The van der Waals surface area contributed by atoms with Gasteiger partial charge in [-0.3, -0.25) is 4.98 Å². The van der Waals surface area contributed by atoms with Gasteiger partial charge in [-0.05, 0) is 53.8 Å². The molecule has 2 N–H and O–H groups in total. The highest BCUT2D eigenvalue weighted by Crippen LogP contribution is 2.39. The van der Waals surface area contributed by atoms with Gasteiger partial charge in [0.25, 0.3) is 0 Å². The molecule has 5 rings (SSSR count). The zero-order valence-corrected chi connectivity index (χ0v) is 18.2. The number of pyridine rings is 1. The zero-order chi connectivity index (χ0) is 23.2. The molecule has 33 heavy (non-hydrogen) atoms. The lowest BCUT2D eigenvalue weighted by Gasteiger charge is -2.33. The monoisotopic (exact) mass is 449 g/mol. The van der Waals surface area contributed by atoms with E-state index in [1.54, 1.807) is 18.2 Å². The van der Waals surface area contributed by atoms with Crippen LogP contribution in [0.2, 0.25) is 0 Å². The molecule has 1 aliphatic rings. The number of aromatic nitrogens is 3. The number of alkyl halides is 3. The van der Waals surface area contributed by atoms with Crippen molar-refractivity contribution in [2.24, 2.45) is 0 Å². The van der Waals surface area contributed by atoms with E-state index in [9.17, 15) is 13.2 Å². The van der Waals surface area contributed by atoms with Crippen molar-refractivity contribution in [3.63, 3.8) is 0 Å². The predicted octanol–water partition coefficient (Wildman–Crippen LogP) is 6.55. The van der Waals surface area contributed by atoms with E-state index < -0.39 is 11.7 Å². The first-order valence-corrected chi connectivity index (χ1v) is 10.7. The lowest BCUT2D eigenvalue weighted by atomic mass is 9.78. The fourth-order valence-electron chi connectivity index (χ4n) is 4.31. The molecule has 8 heteroatoms. The van der Waals surface area contributed by atoms with Crippen LogP contribution in [0.25, 0.3) is 22.2 Å². The minimum absolute atomic E-state index is 0.109. The highest BCUT2D eigenvalue weighted by molar-refractivity contribution is 5.93. The Kier molecular flexibility index (Phi) is 4.96. The van der Waals surface area contributed by atoms with Crippen LogP contribution in [0, 0.1) is 0 Å². The smallest absolute Gasteiger partial charge is 0.385 e. The van der Waals surface area contributed by atoms with Crippen LogP contribution in [0.1, 0.15) is 31.4 Å². The second-order valence-corrected chi connectivity index (χ2v) is 8.80. The van der Waals surface area contributed by atoms with Crippen molar-refractivity contribution < 1.29 is 13.2 Å². The highest BCUT2D eigenvalue weighted by Gasteiger charge is 2.34. The van der Waals surface area contributed by atoms with Crippen LogP contribution in [0.5, 0.6) is 0 Å². The van der Waals surface area contributed by atoms with Crippen molar-refractivity contribution in [2.45, 2.75) is 31.9 Å². The number of halogens is 3. The lowest BCUT2D eigenvalue weighted by molar-refractivity contribution is -0.137. The summed E-state index contributed by atoms with van der Waals surface area (Å²) in [7, 11) is 0. The van der Waals surface area contributed by atoms with Gasteiger partial charge >= 0.3 is 6.18 Å². The van der Waals surface area contributed by atoms with Crippen LogP contribution < -0.4 is 10.6 Å². The van der Waals surface area contributed by atoms with Gasteiger partial charge in [-0.25, -0.2) is 9.97 Å². The van der Waals surface area contributed by atoms with E-state index in [0.717, 1.165) is 30.4 Å². The van der Waals surface area contributed by atoms with Crippen molar-refractivity contribution >= 4 is 28.1 Å². The molecule has 0 spiro atoms. The fourth-order valence-corrected chi connectivity index (χ4v) is 4.31. The van der Waals surface area contributed by atoms with Crippen LogP contribution in [0.3, 0.4) is 0 Å². The number of benzene rings is 2. The van der Waals surface area contributed by atoms with E-state index in [1.165, 1.54) is 24.2 Å². The summed E-state index contributed by atoms with van der Waals surface area (Å²) in [5.41, 5.74) is 3.31. The Morgan fingerprint density at radius 2 is 1.85 bits per heavy atom. The third-order valence-corrected chi connectivity index (χ3v) is 6.10. The first-order valence-electron chi connectivity index (χ1n) is 10.7. The molecule has 2 aromatic heterocycles. The lowest BCUT2D eigenvalue weighted by Crippen LogP contribution is -2.28. The summed E-state index contributed by atoms with van der Waals surface area (Å²) in [5.74, 6) is 0.582. The molecule has 1 aliphatic heterocycles. The van der Waals surface area contributed by atoms with E-state index in [1.807, 2.05) is 6.07 Å². The fraction of sp³-hybridized carbons (Fsp3) is 0.240. The Morgan fingerprint density at radius 1 is 1.00 bits per heavy atom. The van der Waals surface area contributed by atoms with Gasteiger partial charge in [0.05, 0.1) is 16.8 Å². The van der Waals surface area contributed by atoms with Crippen molar-refractivity contribution in [2.75, 3.05) is 17.2 Å². The van der Waals surface area contributed by atoms with E-state index in [-0.39, 0.29) is 11.1 Å². The summed E-state index contributed by atoms with van der Waals surface area (Å²) in [5, 5.41) is 7.49. The summed E-state index contributed by atoms with van der Waals surface area (Å²) in [6.07, 6.45) is -0.672. The molecule has 5 nitrogen and oxygen atoms in total. The summed E-state index contributed by atoms with van der Waals surface area (Å²) in [6.45, 7) is 5.39. The Morgan fingerprint density at radius 3 is 2.67 bits per heavy atom. The van der Waals surface area contributed by atoms with Gasteiger partial charge in [-0.15, -0.1) is 0 Å². The number of anilines is 3. The summed E-state index contributed by atoms with van der Waals surface area (Å²) < 4.78 is 40.3. The Hall–Kier alpha value is -3.68. The van der Waals surface area contributed by atoms with E-state index in [4.69, 9.17) is 0 Å². The SMILES string of the molecule is CC1(C)CCNc2cc(Nc3ncnc4cc(-c5ncccc5C(F)(F)F)ccc34)ccc21. The molecule has 4 aromatic rings. The number of nitrogens with zero attached hydrogens (tertiary/aromatic N) is 3. The Bertz CT molecular complexity index is 1350. The normalized spacial score (nSPS) is 15.1. The molecule has 0 radical (unpaired) electrons. The van der Waals surface area contributed by atoms with Crippen LogP contribution in [-0.2, 0) is 11.6 Å². The second-order valence-electron chi connectivity index (χ2n) is 8.80. The molecule has 168 valence electrons. The maximum atomic E-state index is 13.4. The van der Waals surface area contributed by atoms with E-state index in [0.29, 0.717) is 22.3 Å². The first kappa shape index (κ1) is 21.2. The molecule has 0 aliphatic carbocycles. The summed E-state index contributed by atoms with van der Waals surface area (Å²) in [4.78, 5) is 12.6. The summed E-state index contributed by atoms with van der Waals surface area (Å²) in [6, 6.07) is 13.5. The second kappa shape index (κ2) is 7.72. The Labute approximate surface area is 189 Å². The minimum Gasteiger partial charge on any atom is -0.385 e. The largest absolute Gasteiger partial charge is 0.418 e. The van der Waals surface area contributed by atoms with Crippen molar-refractivity contribution in [3.05, 3.63) is 72.2 Å². The van der Waals surface area contributed by atoms with E-state index in [2.05, 4.69) is 51.6 Å². The number of rotatable bonds is 3. The van der Waals surface area contributed by atoms with Crippen LogP contribution >= 0.6 is 0 Å². The first-order chi connectivity index (χ1) is 15.7. The molecule has 2 aromatic carbocycles. The average Bonchev–Trinajstić information content (AvgIpc) is 2.78. The van der Waals surface area contributed by atoms with Crippen LogP contribution in [0.4, 0.5) is 30.4 Å². The number of hydrogen-bond donors (Lipinski definition) is 2. The van der Waals surface area contributed by atoms with Crippen molar-refractivity contribution in [1.29, 1.82) is 0 Å². The van der Waals surface area contributed by atoms with Gasteiger partial charge in [0.15, 0.2) is 0 Å². The molecule has 0 saturated carbocycles. The molecule has 0 unspecified atom stereocenters. The molecule has 0 saturated heterocycles. The maximum Gasteiger partial charge on any atom is 0.418 e. The van der Waals surface area contributed by atoms with Gasteiger partial charge in [-0.2, -0.15) is 13.2 Å². The number of hydrogen-bond acceptors (Lipinski definition) is 5. The molecule has 0 amide bonds. The van der Waals surface area contributed by atoms with Gasteiger partial charge in [-0.1, -0.05) is 26.0 Å². The van der Waals surface area contributed by atoms with Crippen LogP contribution in [0.15, 0.2) is 61.1 Å². The molecular weight excluding hydrogens is 427 g/mol. The van der Waals surface area contributed by atoms with E-state index >= 15 is 0 Å². The minimum atomic E-state index is -4.49. The zero-order valence-electron chi connectivity index (χ0n) is 18.2. The van der Waals surface area contributed by atoms with Gasteiger partial charge in [0, 0.05) is 35.1 Å². The van der Waals surface area contributed by atoms with Crippen molar-refractivity contribution in [1.82, 2.24) is 15.0 Å². The standard InChI is InChI=1S/C25H22F3N5/c1-24(2)9-11-29-21-13-16(6-8-18(21)24)33-23-17-7-5-15(12-20(17)31-14-32-23)22-19(25(26,27)28)4-3-10-30-22/h3-8,10,12-14,29H,9,11H2,1-2H3,(H,31,32,33). The molecule has 0 atom stereocenters. The molecular formula is C25H22F3N5. The third-order valence-electron chi connectivity index (χ3n) is 6.10. The highest BCUT2D eigenvalue weighted by atomic mass is 19.4. The predicted molar refractivity (Wildman–Crippen MR) is 124 cm³/mol. The number of nitrogens with one attached hydrogen (secondary N) is 2. The third kappa shape index (κ3) is 3.97.